The number of amides is 1. The van der Waals surface area contributed by atoms with Gasteiger partial charge in [-0.05, 0) is 12.1 Å². The van der Waals surface area contributed by atoms with Gasteiger partial charge in [0, 0.05) is 6.92 Å². The minimum atomic E-state index is -1.46. The average molecular weight is 325 g/mol. The van der Waals surface area contributed by atoms with Gasteiger partial charge in [-0.2, -0.15) is 0 Å². The van der Waals surface area contributed by atoms with Crippen molar-refractivity contribution in [2.24, 2.45) is 0 Å². The van der Waals surface area contributed by atoms with Crippen LogP contribution in [0.3, 0.4) is 0 Å². The number of carbonyl (C=O) groups excluding carboxylic acids is 2. The number of nitrogens with one attached hydrogen (secondary N) is 1. The summed E-state index contributed by atoms with van der Waals surface area (Å²) in [6, 6.07) is 6.95. The lowest BCUT2D eigenvalue weighted by atomic mass is 9.97. The molecular weight excluding hydrogens is 306 g/mol. The first-order valence-corrected chi connectivity index (χ1v) is 7.09. The molecule has 0 aliphatic carbocycles. The molecule has 0 spiro atoms. The van der Waals surface area contributed by atoms with Gasteiger partial charge in [0.2, 0.25) is 12.2 Å². The highest BCUT2D eigenvalue weighted by Crippen LogP contribution is 2.23. The average Bonchev–Trinajstić information content (AvgIpc) is 2.54. The van der Waals surface area contributed by atoms with E-state index in [0.717, 1.165) is 0 Å². The van der Waals surface area contributed by atoms with E-state index in [9.17, 15) is 24.9 Å². The topological polar surface area (TPSA) is 125 Å². The second-order valence-corrected chi connectivity index (χ2v) is 5.20. The van der Waals surface area contributed by atoms with Gasteiger partial charge < -0.3 is 30.1 Å². The lowest BCUT2D eigenvalue weighted by Crippen LogP contribution is -2.64. The van der Waals surface area contributed by atoms with Crippen LogP contribution in [0.2, 0.25) is 0 Å². The highest BCUT2D eigenvalue weighted by Gasteiger charge is 2.46. The van der Waals surface area contributed by atoms with E-state index >= 15 is 0 Å². The third-order valence-electron chi connectivity index (χ3n) is 3.48. The van der Waals surface area contributed by atoms with E-state index < -0.39 is 49.1 Å². The molecule has 2 rings (SSSR count). The zero-order valence-electron chi connectivity index (χ0n) is 12.5. The third-order valence-corrected chi connectivity index (χ3v) is 3.48. The zero-order chi connectivity index (χ0) is 17.0. The molecule has 8 heteroatoms. The summed E-state index contributed by atoms with van der Waals surface area (Å²) in [5.74, 6) is -1.21. The van der Waals surface area contributed by atoms with Crippen LogP contribution in [0.1, 0.15) is 17.3 Å². The van der Waals surface area contributed by atoms with Crippen LogP contribution < -0.4 is 5.32 Å². The van der Waals surface area contributed by atoms with Crippen LogP contribution in [-0.4, -0.2) is 64.4 Å². The molecule has 1 saturated heterocycles. The number of carbonyl (C=O) groups is 2. The van der Waals surface area contributed by atoms with Crippen molar-refractivity contribution >= 4 is 11.9 Å². The van der Waals surface area contributed by atoms with Gasteiger partial charge in [-0.15, -0.1) is 0 Å². The van der Waals surface area contributed by atoms with Gasteiger partial charge in [0.05, 0.1) is 12.2 Å². The summed E-state index contributed by atoms with van der Waals surface area (Å²) < 4.78 is 10.5. The Morgan fingerprint density at radius 2 is 1.87 bits per heavy atom. The van der Waals surface area contributed by atoms with Gasteiger partial charge in [-0.25, -0.2) is 4.79 Å². The van der Waals surface area contributed by atoms with Crippen LogP contribution in [0.15, 0.2) is 30.3 Å². The summed E-state index contributed by atoms with van der Waals surface area (Å²) >= 11 is 0. The minimum Gasteiger partial charge on any atom is -0.430 e. The van der Waals surface area contributed by atoms with Crippen molar-refractivity contribution in [1.29, 1.82) is 0 Å². The van der Waals surface area contributed by atoms with Gasteiger partial charge in [0.1, 0.15) is 24.4 Å². The van der Waals surface area contributed by atoms with Crippen molar-refractivity contribution in [2.45, 2.75) is 37.6 Å². The first-order valence-electron chi connectivity index (χ1n) is 7.09. The van der Waals surface area contributed by atoms with Crippen LogP contribution >= 0.6 is 0 Å². The molecule has 1 fully saturated rings. The van der Waals surface area contributed by atoms with Gasteiger partial charge in [-0.1, -0.05) is 18.2 Å². The van der Waals surface area contributed by atoms with Gasteiger partial charge in [0.25, 0.3) is 0 Å². The fourth-order valence-electron chi connectivity index (χ4n) is 2.32. The van der Waals surface area contributed by atoms with Crippen LogP contribution in [0.4, 0.5) is 0 Å². The number of aliphatic hydroxyl groups excluding tert-OH is 3. The number of esters is 1. The summed E-state index contributed by atoms with van der Waals surface area (Å²) in [5, 5.41) is 31.5. The van der Waals surface area contributed by atoms with E-state index in [2.05, 4.69) is 5.32 Å². The number of aliphatic hydroxyl groups is 3. The molecule has 1 aromatic carbocycles. The second-order valence-electron chi connectivity index (χ2n) is 5.20. The summed E-state index contributed by atoms with van der Waals surface area (Å²) in [7, 11) is 0. The van der Waals surface area contributed by atoms with E-state index in [1.54, 1.807) is 18.2 Å². The van der Waals surface area contributed by atoms with Gasteiger partial charge in [-0.3, -0.25) is 4.79 Å². The van der Waals surface area contributed by atoms with E-state index in [-0.39, 0.29) is 5.56 Å². The minimum absolute atomic E-state index is 0.263. The number of hydrogen-bond donors (Lipinski definition) is 4. The second kappa shape index (κ2) is 7.51. The zero-order valence-corrected chi connectivity index (χ0v) is 12.5. The molecule has 0 aromatic heterocycles. The standard InChI is InChI=1S/C15H19NO7/c1-8(18)16-11-13(20)12(19)10(7-17)22-15(11)23-14(21)9-5-3-2-4-6-9/h2-6,10-13,15,17,19-20H,7H2,1H3,(H,16,18)/t10-,11-,12+,13-,15+/m0/s1. The van der Waals surface area contributed by atoms with Gasteiger partial charge >= 0.3 is 5.97 Å². The van der Waals surface area contributed by atoms with Crippen molar-refractivity contribution in [3.05, 3.63) is 35.9 Å². The number of rotatable bonds is 4. The molecule has 0 radical (unpaired) electrons. The Hall–Kier alpha value is -2.00. The monoisotopic (exact) mass is 325 g/mol. The molecule has 1 amide bonds. The molecule has 126 valence electrons. The van der Waals surface area contributed by atoms with Crippen LogP contribution in [-0.2, 0) is 14.3 Å². The molecule has 8 nitrogen and oxygen atoms in total. The normalized spacial score (nSPS) is 30.5. The Bertz CT molecular complexity index is 550. The smallest absolute Gasteiger partial charge is 0.340 e. The lowest BCUT2D eigenvalue weighted by Gasteiger charge is -2.41. The maximum absolute atomic E-state index is 12.1. The summed E-state index contributed by atoms with van der Waals surface area (Å²) in [5.41, 5.74) is 0.263. The summed E-state index contributed by atoms with van der Waals surface area (Å²) in [6.45, 7) is 0.637. The maximum atomic E-state index is 12.1. The molecule has 0 bridgehead atoms. The molecule has 1 aliphatic rings. The highest BCUT2D eigenvalue weighted by molar-refractivity contribution is 5.89. The fourth-order valence-corrected chi connectivity index (χ4v) is 2.32. The van der Waals surface area contributed by atoms with E-state index in [4.69, 9.17) is 9.47 Å². The number of ether oxygens (including phenoxy) is 2. The maximum Gasteiger partial charge on any atom is 0.340 e. The third kappa shape index (κ3) is 4.05. The first kappa shape index (κ1) is 17.4. The number of hydrogen-bond acceptors (Lipinski definition) is 7. The molecule has 0 saturated carbocycles. The Morgan fingerprint density at radius 1 is 1.22 bits per heavy atom. The largest absolute Gasteiger partial charge is 0.430 e. The Kier molecular flexibility index (Phi) is 5.67. The molecule has 1 aromatic rings. The lowest BCUT2D eigenvalue weighted by molar-refractivity contribution is -0.253. The quantitative estimate of drug-likeness (QED) is 0.512. The van der Waals surface area contributed by atoms with E-state index in [0.29, 0.717) is 0 Å². The first-order chi connectivity index (χ1) is 10.9. The Morgan fingerprint density at radius 3 is 2.43 bits per heavy atom. The van der Waals surface area contributed by atoms with E-state index in [1.807, 2.05) is 0 Å². The molecule has 1 heterocycles. The van der Waals surface area contributed by atoms with Crippen LogP contribution in [0.25, 0.3) is 0 Å². The van der Waals surface area contributed by atoms with Gasteiger partial charge in [0.15, 0.2) is 0 Å². The van der Waals surface area contributed by atoms with Crippen LogP contribution in [0, 0.1) is 0 Å². The number of benzene rings is 1. The summed E-state index contributed by atoms with van der Waals surface area (Å²) in [4.78, 5) is 23.4. The van der Waals surface area contributed by atoms with Crippen molar-refractivity contribution in [3.63, 3.8) is 0 Å². The van der Waals surface area contributed by atoms with Crippen molar-refractivity contribution in [1.82, 2.24) is 5.32 Å². The van der Waals surface area contributed by atoms with Crippen molar-refractivity contribution in [2.75, 3.05) is 6.61 Å². The molecule has 4 N–H and O–H groups in total. The SMILES string of the molecule is CC(=O)N[C@@H]1[C@@H](OC(=O)c2ccccc2)O[C@@H](CO)[C@@H](O)[C@H]1O. The van der Waals surface area contributed by atoms with E-state index in [1.165, 1.54) is 19.1 Å². The molecule has 1 aliphatic heterocycles. The summed E-state index contributed by atoms with van der Waals surface area (Å²) in [6.07, 6.45) is -5.37. The molecule has 5 atom stereocenters. The molecular formula is C15H19NO7. The molecule has 23 heavy (non-hydrogen) atoms. The van der Waals surface area contributed by atoms with Crippen molar-refractivity contribution in [3.8, 4) is 0 Å². The van der Waals surface area contributed by atoms with Crippen molar-refractivity contribution < 1.29 is 34.4 Å². The Balaban J connectivity index is 2.17. The Labute approximate surface area is 132 Å². The predicted octanol–water partition coefficient (Wildman–Crippen LogP) is -1.21. The fraction of sp³-hybridized carbons (Fsp3) is 0.467. The predicted molar refractivity (Wildman–Crippen MR) is 77.2 cm³/mol. The van der Waals surface area contributed by atoms with Crippen LogP contribution in [0.5, 0.6) is 0 Å². The highest BCUT2D eigenvalue weighted by atomic mass is 16.7. The molecule has 0 unspecified atom stereocenters.